The van der Waals surface area contributed by atoms with Crippen LogP contribution in [0.5, 0.6) is 0 Å². The molecule has 2 rings (SSSR count). The van der Waals surface area contributed by atoms with Crippen molar-refractivity contribution in [3.63, 3.8) is 0 Å². The molecular weight excluding hydrogens is 298 g/mol. The first-order valence-electron chi connectivity index (χ1n) is 5.96. The van der Waals surface area contributed by atoms with Crippen LogP contribution in [0.15, 0.2) is 11.4 Å². The van der Waals surface area contributed by atoms with Gasteiger partial charge < -0.3 is 5.43 Å². The van der Waals surface area contributed by atoms with Crippen LogP contribution in [-0.2, 0) is 16.4 Å². The third kappa shape index (κ3) is 3.85. The number of aromatic nitrogens is 2. The van der Waals surface area contributed by atoms with Crippen LogP contribution >= 0.6 is 11.3 Å². The number of thiophene rings is 1. The summed E-state index contributed by atoms with van der Waals surface area (Å²) in [5.74, 6) is 6.78. The van der Waals surface area contributed by atoms with Crippen molar-refractivity contribution < 1.29 is 8.42 Å². The fraction of sp³-hybridized carbons (Fsp3) is 0.455. The fourth-order valence-corrected chi connectivity index (χ4v) is 3.15. The molecular formula is C11H17N5O2S2. The second-order valence-corrected chi connectivity index (χ2v) is 7.79. The molecule has 110 valence electrons. The Balaban J connectivity index is 2.13. The standard InChI is InChI=1S/C11H17N5O2S2/c1-16(4-6-20(2,17)18)7-9-13-10(15-12)8-3-5-19-11(8)14-9/h3,5H,4,6-7,12H2,1-2H3,(H,13,14,15). The summed E-state index contributed by atoms with van der Waals surface area (Å²) in [6.45, 7) is 0.911. The number of nitrogens with two attached hydrogens (primary N) is 1. The van der Waals surface area contributed by atoms with Gasteiger partial charge in [-0.25, -0.2) is 24.2 Å². The summed E-state index contributed by atoms with van der Waals surface area (Å²) >= 11 is 1.51. The van der Waals surface area contributed by atoms with Gasteiger partial charge in [0, 0.05) is 12.8 Å². The van der Waals surface area contributed by atoms with E-state index < -0.39 is 9.84 Å². The Morgan fingerprint density at radius 1 is 1.45 bits per heavy atom. The summed E-state index contributed by atoms with van der Waals surface area (Å²) in [6, 6.07) is 1.91. The number of nitrogens with zero attached hydrogens (tertiary/aromatic N) is 3. The molecule has 20 heavy (non-hydrogen) atoms. The van der Waals surface area contributed by atoms with Gasteiger partial charge in [-0.15, -0.1) is 11.3 Å². The monoisotopic (exact) mass is 315 g/mol. The second kappa shape index (κ2) is 6.00. The number of hydrogen-bond donors (Lipinski definition) is 2. The van der Waals surface area contributed by atoms with Crippen molar-refractivity contribution in [1.82, 2.24) is 14.9 Å². The van der Waals surface area contributed by atoms with Gasteiger partial charge in [0.2, 0.25) is 0 Å². The zero-order valence-electron chi connectivity index (χ0n) is 11.3. The Labute approximate surface area is 121 Å². The molecule has 0 amide bonds. The number of hydrogen-bond acceptors (Lipinski definition) is 8. The maximum absolute atomic E-state index is 11.1. The van der Waals surface area contributed by atoms with Crippen molar-refractivity contribution in [2.24, 2.45) is 5.84 Å². The zero-order valence-corrected chi connectivity index (χ0v) is 13.0. The van der Waals surface area contributed by atoms with E-state index in [0.29, 0.717) is 24.7 Å². The molecule has 2 aromatic heterocycles. The second-order valence-electron chi connectivity index (χ2n) is 4.64. The highest BCUT2D eigenvalue weighted by molar-refractivity contribution is 7.90. The lowest BCUT2D eigenvalue weighted by atomic mass is 10.3. The largest absolute Gasteiger partial charge is 0.308 e. The molecule has 0 radical (unpaired) electrons. The molecule has 0 spiro atoms. The maximum Gasteiger partial charge on any atom is 0.152 e. The average Bonchev–Trinajstić information content (AvgIpc) is 2.82. The van der Waals surface area contributed by atoms with Crippen LogP contribution in [0.2, 0.25) is 0 Å². The Hall–Kier alpha value is -1.29. The number of sulfone groups is 1. The minimum Gasteiger partial charge on any atom is -0.308 e. The van der Waals surface area contributed by atoms with Crippen molar-refractivity contribution in [2.75, 3.05) is 31.0 Å². The highest BCUT2D eigenvalue weighted by atomic mass is 32.2. The van der Waals surface area contributed by atoms with Crippen molar-refractivity contribution >= 4 is 37.2 Å². The van der Waals surface area contributed by atoms with Gasteiger partial charge in [0.1, 0.15) is 20.5 Å². The minimum atomic E-state index is -2.96. The molecule has 0 saturated heterocycles. The lowest BCUT2D eigenvalue weighted by Gasteiger charge is -2.15. The molecule has 9 heteroatoms. The van der Waals surface area contributed by atoms with Crippen LogP contribution in [0.3, 0.4) is 0 Å². The molecule has 2 heterocycles. The molecule has 0 saturated carbocycles. The van der Waals surface area contributed by atoms with E-state index in [1.165, 1.54) is 17.6 Å². The third-order valence-electron chi connectivity index (χ3n) is 2.76. The van der Waals surface area contributed by atoms with Crippen LogP contribution < -0.4 is 11.3 Å². The molecule has 0 unspecified atom stereocenters. The number of fused-ring (bicyclic) bond motifs is 1. The Morgan fingerprint density at radius 3 is 2.85 bits per heavy atom. The molecule has 0 aliphatic rings. The predicted molar refractivity (Wildman–Crippen MR) is 81.3 cm³/mol. The summed E-state index contributed by atoms with van der Waals surface area (Å²) in [5.41, 5.74) is 2.57. The van der Waals surface area contributed by atoms with E-state index >= 15 is 0 Å². The fourth-order valence-electron chi connectivity index (χ4n) is 1.72. The van der Waals surface area contributed by atoms with Gasteiger partial charge in [0.15, 0.2) is 5.82 Å². The van der Waals surface area contributed by atoms with Gasteiger partial charge in [-0.05, 0) is 18.5 Å². The number of nitrogens with one attached hydrogen (secondary N) is 1. The zero-order chi connectivity index (χ0) is 14.8. The van der Waals surface area contributed by atoms with Crippen LogP contribution in [0.4, 0.5) is 5.82 Å². The molecule has 2 aromatic rings. The molecule has 0 aliphatic heterocycles. The molecule has 0 aromatic carbocycles. The quantitative estimate of drug-likeness (QED) is 0.589. The van der Waals surface area contributed by atoms with Crippen molar-refractivity contribution in [2.45, 2.75) is 6.54 Å². The smallest absolute Gasteiger partial charge is 0.152 e. The number of nitrogen functional groups attached to an aromatic ring is 1. The van der Waals surface area contributed by atoms with Gasteiger partial charge in [0.05, 0.1) is 17.7 Å². The summed E-state index contributed by atoms with van der Waals surface area (Å²) in [6.07, 6.45) is 1.23. The Kier molecular flexibility index (Phi) is 4.53. The van der Waals surface area contributed by atoms with Crippen LogP contribution in [0, 0.1) is 0 Å². The number of anilines is 1. The van der Waals surface area contributed by atoms with Crippen molar-refractivity contribution in [3.05, 3.63) is 17.3 Å². The first-order valence-corrected chi connectivity index (χ1v) is 8.90. The van der Waals surface area contributed by atoms with E-state index in [0.717, 1.165) is 10.2 Å². The van der Waals surface area contributed by atoms with Gasteiger partial charge in [-0.1, -0.05) is 0 Å². The van der Waals surface area contributed by atoms with Crippen molar-refractivity contribution in [1.29, 1.82) is 0 Å². The maximum atomic E-state index is 11.1. The first kappa shape index (κ1) is 15.1. The van der Waals surface area contributed by atoms with Gasteiger partial charge in [0.25, 0.3) is 0 Å². The van der Waals surface area contributed by atoms with Gasteiger partial charge >= 0.3 is 0 Å². The van der Waals surface area contributed by atoms with Crippen LogP contribution in [0.1, 0.15) is 5.82 Å². The predicted octanol–water partition coefficient (Wildman–Crippen LogP) is 0.453. The van der Waals surface area contributed by atoms with Crippen molar-refractivity contribution in [3.8, 4) is 0 Å². The average molecular weight is 315 g/mol. The van der Waals surface area contributed by atoms with Crippen LogP contribution in [0.25, 0.3) is 10.2 Å². The van der Waals surface area contributed by atoms with Crippen LogP contribution in [-0.4, -0.2) is 48.9 Å². The summed E-state index contributed by atoms with van der Waals surface area (Å²) in [7, 11) is -1.13. The molecule has 3 N–H and O–H groups in total. The first-order chi connectivity index (χ1) is 9.39. The van der Waals surface area contributed by atoms with E-state index in [2.05, 4.69) is 15.4 Å². The minimum absolute atomic E-state index is 0.118. The number of rotatable bonds is 6. The number of hydrazine groups is 1. The topological polar surface area (TPSA) is 101 Å². The Bertz CT molecular complexity index is 698. The van der Waals surface area contributed by atoms with E-state index in [-0.39, 0.29) is 5.75 Å². The van der Waals surface area contributed by atoms with E-state index in [1.807, 2.05) is 23.4 Å². The van der Waals surface area contributed by atoms with E-state index in [9.17, 15) is 8.42 Å². The molecule has 0 atom stereocenters. The summed E-state index contributed by atoms with van der Waals surface area (Å²) in [4.78, 5) is 11.5. The lowest BCUT2D eigenvalue weighted by Crippen LogP contribution is -2.26. The van der Waals surface area contributed by atoms with Gasteiger partial charge in [-0.2, -0.15) is 0 Å². The van der Waals surface area contributed by atoms with E-state index in [1.54, 1.807) is 0 Å². The van der Waals surface area contributed by atoms with E-state index in [4.69, 9.17) is 5.84 Å². The normalized spacial score (nSPS) is 12.2. The Morgan fingerprint density at radius 2 is 2.20 bits per heavy atom. The molecule has 0 bridgehead atoms. The molecule has 0 aliphatic carbocycles. The highest BCUT2D eigenvalue weighted by Crippen LogP contribution is 2.24. The summed E-state index contributed by atoms with van der Waals surface area (Å²) < 4.78 is 22.3. The summed E-state index contributed by atoms with van der Waals surface area (Å²) in [5, 5.41) is 2.82. The molecule has 0 fully saturated rings. The van der Waals surface area contributed by atoms with Gasteiger partial charge in [-0.3, -0.25) is 4.90 Å². The third-order valence-corrected chi connectivity index (χ3v) is 4.49. The highest BCUT2D eigenvalue weighted by Gasteiger charge is 2.11. The molecule has 7 nitrogen and oxygen atoms in total. The SMILES string of the molecule is CN(CCS(C)(=O)=O)Cc1nc(NN)c2ccsc2n1. The lowest BCUT2D eigenvalue weighted by molar-refractivity contribution is 0.337.